The number of aliphatic hydroxyl groups excluding tert-OH is 1. The Morgan fingerprint density at radius 1 is 0.556 bits per heavy atom. The van der Waals surface area contributed by atoms with E-state index in [1.54, 1.807) is 0 Å². The van der Waals surface area contributed by atoms with E-state index in [0.29, 0.717) is 30.3 Å². The second-order valence-corrected chi connectivity index (χ2v) is 19.5. The monoisotopic (exact) mass is 909 g/mol. The number of likely N-dealkylation sites (N-methyl/N-ethyl adjacent to an activating group) is 1. The number of esters is 2. The molecule has 0 heterocycles. The van der Waals surface area contributed by atoms with E-state index in [4.69, 9.17) is 18.5 Å². The number of phosphoric ester groups is 1. The molecular formula is C52H95NO9P+. The number of phosphoric acid groups is 1. The second kappa shape index (κ2) is 43.6. The van der Waals surface area contributed by atoms with Crippen molar-refractivity contribution >= 4 is 19.8 Å². The van der Waals surface area contributed by atoms with Gasteiger partial charge in [-0.25, -0.2) is 4.57 Å². The van der Waals surface area contributed by atoms with Crippen LogP contribution in [-0.4, -0.2) is 86.1 Å². The quantitative estimate of drug-likeness (QED) is 0.0202. The predicted molar refractivity (Wildman–Crippen MR) is 262 cm³/mol. The summed E-state index contributed by atoms with van der Waals surface area (Å²) in [5.74, 6) is -0.884. The van der Waals surface area contributed by atoms with Crippen molar-refractivity contribution in [1.82, 2.24) is 0 Å². The summed E-state index contributed by atoms with van der Waals surface area (Å²) in [6.45, 7) is 4.15. The van der Waals surface area contributed by atoms with Crippen molar-refractivity contribution in [2.45, 2.75) is 212 Å². The number of rotatable bonds is 45. The summed E-state index contributed by atoms with van der Waals surface area (Å²) in [6, 6.07) is 0. The average Bonchev–Trinajstić information content (AvgIpc) is 3.23. The van der Waals surface area contributed by atoms with Crippen LogP contribution in [-0.2, 0) is 32.7 Å². The lowest BCUT2D eigenvalue weighted by Crippen LogP contribution is -2.37. The fraction of sp³-hybridized carbons (Fsp3) is 0.769. The van der Waals surface area contributed by atoms with Crippen molar-refractivity contribution < 1.29 is 47.2 Å². The summed E-state index contributed by atoms with van der Waals surface area (Å²) >= 11 is 0. The van der Waals surface area contributed by atoms with Gasteiger partial charge in [0, 0.05) is 12.8 Å². The number of unbranched alkanes of at least 4 members (excludes halogenated alkanes) is 18. The zero-order valence-corrected chi connectivity index (χ0v) is 41.8. The molecule has 0 spiro atoms. The Hall–Kier alpha value is -2.33. The highest BCUT2D eigenvalue weighted by Gasteiger charge is 2.27. The maximum Gasteiger partial charge on any atom is 0.472 e. The van der Waals surface area contributed by atoms with Gasteiger partial charge in [-0.3, -0.25) is 18.6 Å². The molecule has 63 heavy (non-hydrogen) atoms. The summed E-state index contributed by atoms with van der Waals surface area (Å²) < 4.78 is 34.3. The lowest BCUT2D eigenvalue weighted by Gasteiger charge is -2.24. The highest BCUT2D eigenvalue weighted by Crippen LogP contribution is 2.43. The Bertz CT molecular complexity index is 1270. The van der Waals surface area contributed by atoms with E-state index in [-0.39, 0.29) is 32.2 Å². The summed E-state index contributed by atoms with van der Waals surface area (Å²) in [5.41, 5.74) is 0. The molecule has 11 heteroatoms. The topological polar surface area (TPSA) is 129 Å². The van der Waals surface area contributed by atoms with Crippen molar-refractivity contribution in [2.24, 2.45) is 0 Å². The van der Waals surface area contributed by atoms with Crippen LogP contribution in [0.3, 0.4) is 0 Å². The van der Waals surface area contributed by atoms with Crippen LogP contribution in [0.1, 0.15) is 200 Å². The van der Waals surface area contributed by atoms with Gasteiger partial charge in [-0.2, -0.15) is 0 Å². The predicted octanol–water partition coefficient (Wildman–Crippen LogP) is 13.8. The molecule has 0 radical (unpaired) electrons. The molecule has 366 valence electrons. The number of quaternary nitrogens is 1. The lowest BCUT2D eigenvalue weighted by molar-refractivity contribution is -0.870. The van der Waals surface area contributed by atoms with Gasteiger partial charge in [-0.15, -0.1) is 0 Å². The van der Waals surface area contributed by atoms with Crippen LogP contribution in [0.2, 0.25) is 0 Å². The number of carbonyl (C=O) groups is 2. The number of ether oxygens (including phenoxy) is 2. The number of hydrogen-bond acceptors (Lipinski definition) is 8. The molecule has 2 N–H and O–H groups in total. The van der Waals surface area contributed by atoms with Crippen LogP contribution < -0.4 is 0 Å². The van der Waals surface area contributed by atoms with Crippen LogP contribution in [0, 0.1) is 0 Å². The highest BCUT2D eigenvalue weighted by molar-refractivity contribution is 7.47. The van der Waals surface area contributed by atoms with Gasteiger partial charge in [0.25, 0.3) is 0 Å². The van der Waals surface area contributed by atoms with E-state index >= 15 is 0 Å². The van der Waals surface area contributed by atoms with Crippen LogP contribution in [0.25, 0.3) is 0 Å². The zero-order valence-electron chi connectivity index (χ0n) is 40.9. The number of hydrogen-bond donors (Lipinski definition) is 2. The Labute approximate surface area is 386 Å². The van der Waals surface area contributed by atoms with Gasteiger partial charge in [-0.05, 0) is 77.0 Å². The molecule has 0 bridgehead atoms. The van der Waals surface area contributed by atoms with Crippen molar-refractivity contribution in [1.29, 1.82) is 0 Å². The molecule has 0 aromatic heterocycles. The van der Waals surface area contributed by atoms with E-state index in [0.717, 1.165) is 57.8 Å². The molecule has 3 atom stereocenters. The Kier molecular flexibility index (Phi) is 41.9. The van der Waals surface area contributed by atoms with Crippen molar-refractivity contribution in [3.05, 3.63) is 60.8 Å². The number of allylic oxidation sites excluding steroid dienone is 9. The molecule has 0 aliphatic rings. The number of carbonyl (C=O) groups excluding carboxylic acids is 2. The average molecular weight is 909 g/mol. The maximum atomic E-state index is 12.7. The van der Waals surface area contributed by atoms with Gasteiger partial charge < -0.3 is 24.0 Å². The molecule has 0 aliphatic heterocycles. The Morgan fingerprint density at radius 3 is 1.56 bits per heavy atom. The molecule has 0 aliphatic carbocycles. The molecular weight excluding hydrogens is 814 g/mol. The van der Waals surface area contributed by atoms with Crippen molar-refractivity contribution in [3.63, 3.8) is 0 Å². The fourth-order valence-corrected chi connectivity index (χ4v) is 7.41. The standard InChI is InChI=1S/C52H94NO9P/c1-6-8-9-10-11-12-13-14-15-16-17-18-19-20-21-24-28-31-34-37-40-44-52(56)62-50(48-61-63(57,58)60-46-45-53(3,4)5)47-59-51(55)43-39-36-33-30-27-25-22-23-26-29-32-35-38-42-49(54)41-7-2/h14-15,22,25-26,29-30,33,35,38,49-50,54H,6-13,16-21,23-24,27-28,31-32,34,36-37,39-48H2,1-5H3/p+1/b15-14-,25-22-,29-26-,33-30-,38-35-/t49?,50-/m1/s1. The smallest absolute Gasteiger partial charge is 0.462 e. The third kappa shape index (κ3) is 47.5. The first-order valence-corrected chi connectivity index (χ1v) is 26.6. The minimum absolute atomic E-state index is 0.0151. The molecule has 0 aromatic carbocycles. The van der Waals surface area contributed by atoms with Crippen LogP contribution in [0.5, 0.6) is 0 Å². The normalized spacial score (nSPS) is 14.5. The second-order valence-electron chi connectivity index (χ2n) is 18.0. The summed E-state index contributed by atoms with van der Waals surface area (Å²) in [5, 5.41) is 9.75. The van der Waals surface area contributed by atoms with Crippen molar-refractivity contribution in [3.8, 4) is 0 Å². The third-order valence-corrected chi connectivity index (χ3v) is 11.6. The maximum absolute atomic E-state index is 12.7. The molecule has 0 fully saturated rings. The molecule has 0 saturated carbocycles. The van der Waals surface area contributed by atoms with Gasteiger partial charge in [0.15, 0.2) is 6.10 Å². The van der Waals surface area contributed by atoms with E-state index in [1.807, 2.05) is 33.3 Å². The lowest BCUT2D eigenvalue weighted by atomic mass is 10.0. The van der Waals surface area contributed by atoms with Crippen molar-refractivity contribution in [2.75, 3.05) is 47.5 Å². The summed E-state index contributed by atoms with van der Waals surface area (Å²) in [7, 11) is 1.42. The minimum atomic E-state index is -4.40. The van der Waals surface area contributed by atoms with E-state index in [2.05, 4.69) is 62.5 Å². The first kappa shape index (κ1) is 60.7. The molecule has 0 aromatic rings. The van der Waals surface area contributed by atoms with Gasteiger partial charge >= 0.3 is 19.8 Å². The first-order valence-electron chi connectivity index (χ1n) is 25.1. The molecule has 0 amide bonds. The van der Waals surface area contributed by atoms with Gasteiger partial charge in [0.05, 0.1) is 33.9 Å². The van der Waals surface area contributed by atoms with Gasteiger partial charge in [0.2, 0.25) is 0 Å². The number of nitrogens with zero attached hydrogens (tertiary/aromatic N) is 1. The summed E-state index contributed by atoms with van der Waals surface area (Å²) in [6.07, 6.45) is 50.5. The van der Waals surface area contributed by atoms with Crippen LogP contribution in [0.15, 0.2) is 60.8 Å². The molecule has 0 rings (SSSR count). The van der Waals surface area contributed by atoms with E-state index in [1.165, 1.54) is 96.3 Å². The zero-order chi connectivity index (χ0) is 46.5. The Balaban J connectivity index is 4.36. The highest BCUT2D eigenvalue weighted by atomic mass is 31.2. The van der Waals surface area contributed by atoms with Crippen LogP contribution in [0.4, 0.5) is 0 Å². The third-order valence-electron chi connectivity index (χ3n) is 10.6. The van der Waals surface area contributed by atoms with Gasteiger partial charge in [0.1, 0.15) is 19.8 Å². The number of aliphatic hydroxyl groups is 1. The SMILES string of the molecule is CCCCCCCC/C=C\CCCCCCCCCCCCCC(=O)O[C@H](COC(=O)CCC/C=C\C/C=C\C/C=C\C/C=C\CC(O)CCC)COP(=O)(O)OCC[N+](C)(C)C. The largest absolute Gasteiger partial charge is 0.472 e. The molecule has 2 unspecified atom stereocenters. The van der Waals surface area contributed by atoms with E-state index in [9.17, 15) is 24.2 Å². The fourth-order valence-electron chi connectivity index (χ4n) is 6.66. The van der Waals surface area contributed by atoms with Gasteiger partial charge in [-0.1, -0.05) is 171 Å². The van der Waals surface area contributed by atoms with Crippen LogP contribution >= 0.6 is 7.82 Å². The molecule has 0 saturated heterocycles. The Morgan fingerprint density at radius 2 is 1.02 bits per heavy atom. The minimum Gasteiger partial charge on any atom is -0.462 e. The molecule has 10 nitrogen and oxygen atoms in total. The van der Waals surface area contributed by atoms with E-state index < -0.39 is 32.5 Å². The first-order chi connectivity index (χ1) is 30.4. The summed E-state index contributed by atoms with van der Waals surface area (Å²) in [4.78, 5) is 35.5.